The van der Waals surface area contributed by atoms with Crippen molar-refractivity contribution in [2.45, 2.75) is 51.5 Å². The summed E-state index contributed by atoms with van der Waals surface area (Å²) in [4.78, 5) is 12.5. The number of halogens is 2. The van der Waals surface area contributed by atoms with E-state index in [1.807, 2.05) is 6.92 Å². The quantitative estimate of drug-likeness (QED) is 0.858. The second kappa shape index (κ2) is 6.99. The van der Waals surface area contributed by atoms with Gasteiger partial charge in [0.15, 0.2) is 17.4 Å². The van der Waals surface area contributed by atoms with Crippen LogP contribution in [0.4, 0.5) is 8.78 Å². The summed E-state index contributed by atoms with van der Waals surface area (Å²) in [7, 11) is 0. The van der Waals surface area contributed by atoms with Crippen LogP contribution in [0.25, 0.3) is 0 Å². The van der Waals surface area contributed by atoms with Gasteiger partial charge in [-0.15, -0.1) is 6.42 Å². The van der Waals surface area contributed by atoms with Crippen LogP contribution >= 0.6 is 0 Å². The minimum absolute atomic E-state index is 0.0140. The molecule has 5 heteroatoms. The van der Waals surface area contributed by atoms with Crippen LogP contribution in [0.2, 0.25) is 0 Å². The van der Waals surface area contributed by atoms with E-state index in [1.165, 1.54) is 6.92 Å². The lowest BCUT2D eigenvalue weighted by Gasteiger charge is -2.34. The second-order valence-electron chi connectivity index (χ2n) is 6.24. The van der Waals surface area contributed by atoms with Crippen LogP contribution in [0.15, 0.2) is 6.07 Å². The predicted molar refractivity (Wildman–Crippen MR) is 84.4 cm³/mol. The van der Waals surface area contributed by atoms with Crippen molar-refractivity contribution in [1.29, 1.82) is 0 Å². The molecule has 1 fully saturated rings. The largest absolute Gasteiger partial charge is 0.475 e. The Morgan fingerprint density at radius 2 is 2.04 bits per heavy atom. The first kappa shape index (κ1) is 17.3. The smallest absolute Gasteiger partial charge is 0.252 e. The van der Waals surface area contributed by atoms with E-state index >= 15 is 0 Å². The first-order valence-corrected chi connectivity index (χ1v) is 7.75. The minimum Gasteiger partial charge on any atom is -0.475 e. The van der Waals surface area contributed by atoms with Crippen molar-refractivity contribution >= 4 is 5.91 Å². The van der Waals surface area contributed by atoms with Crippen LogP contribution in [0.5, 0.6) is 5.75 Å². The Morgan fingerprint density at radius 3 is 2.65 bits per heavy atom. The molecule has 1 aliphatic rings. The molecule has 0 unspecified atom stereocenters. The molecule has 0 aromatic heterocycles. The Kier molecular flexibility index (Phi) is 5.25. The van der Waals surface area contributed by atoms with E-state index in [1.54, 1.807) is 0 Å². The lowest BCUT2D eigenvalue weighted by Crippen LogP contribution is -2.47. The van der Waals surface area contributed by atoms with Gasteiger partial charge in [-0.05, 0) is 32.8 Å². The topological polar surface area (TPSA) is 38.3 Å². The molecule has 23 heavy (non-hydrogen) atoms. The Labute approximate surface area is 135 Å². The molecule has 1 saturated carbocycles. The van der Waals surface area contributed by atoms with Crippen molar-refractivity contribution in [1.82, 2.24) is 5.32 Å². The minimum atomic E-state index is -0.928. The number of benzene rings is 1. The number of ether oxygens (including phenoxy) is 1. The fourth-order valence-corrected chi connectivity index (χ4v) is 2.97. The average molecular weight is 321 g/mol. The van der Waals surface area contributed by atoms with Crippen LogP contribution in [-0.2, 0) is 0 Å². The van der Waals surface area contributed by atoms with Crippen molar-refractivity contribution in [3.63, 3.8) is 0 Å². The van der Waals surface area contributed by atoms with Gasteiger partial charge in [-0.1, -0.05) is 25.2 Å². The molecule has 0 aliphatic heterocycles. The van der Waals surface area contributed by atoms with Crippen molar-refractivity contribution in [3.05, 3.63) is 28.8 Å². The summed E-state index contributed by atoms with van der Waals surface area (Å²) in [5.74, 6) is -0.672. The Balaban J connectivity index is 2.25. The molecule has 1 aromatic carbocycles. The number of carbonyl (C=O) groups excluding carboxylic acids is 1. The molecule has 0 radical (unpaired) electrons. The summed E-state index contributed by atoms with van der Waals surface area (Å²) in [5.41, 5.74) is -0.289. The molecule has 0 atom stereocenters. The second-order valence-corrected chi connectivity index (χ2v) is 6.24. The van der Waals surface area contributed by atoms with Crippen molar-refractivity contribution < 1.29 is 18.3 Å². The van der Waals surface area contributed by atoms with Crippen LogP contribution in [0.3, 0.4) is 0 Å². The molecule has 1 N–H and O–H groups in total. The van der Waals surface area contributed by atoms with Gasteiger partial charge in [-0.3, -0.25) is 4.79 Å². The van der Waals surface area contributed by atoms with Crippen LogP contribution in [0, 0.1) is 30.9 Å². The van der Waals surface area contributed by atoms with Gasteiger partial charge in [0.2, 0.25) is 0 Å². The number of amides is 1. The highest BCUT2D eigenvalue weighted by molar-refractivity contribution is 5.96. The normalized spacial score (nSPS) is 16.5. The fourth-order valence-electron chi connectivity index (χ4n) is 2.97. The third kappa shape index (κ3) is 3.82. The summed E-state index contributed by atoms with van der Waals surface area (Å²) in [5, 5.41) is 2.92. The van der Waals surface area contributed by atoms with E-state index in [0.717, 1.165) is 38.2 Å². The number of terminal acetylenes is 1. The number of rotatable bonds is 4. The first-order chi connectivity index (χ1) is 10.9. The van der Waals surface area contributed by atoms with Gasteiger partial charge in [-0.2, -0.15) is 0 Å². The van der Waals surface area contributed by atoms with E-state index < -0.39 is 23.3 Å². The fraction of sp³-hybridized carbons (Fsp3) is 0.500. The van der Waals surface area contributed by atoms with Gasteiger partial charge in [-0.25, -0.2) is 8.78 Å². The maximum absolute atomic E-state index is 14.3. The van der Waals surface area contributed by atoms with E-state index in [2.05, 4.69) is 11.2 Å². The van der Waals surface area contributed by atoms with E-state index in [4.69, 9.17) is 11.2 Å². The van der Waals surface area contributed by atoms with Gasteiger partial charge < -0.3 is 10.1 Å². The van der Waals surface area contributed by atoms with Crippen LogP contribution in [0.1, 0.15) is 54.9 Å². The van der Waals surface area contributed by atoms with Gasteiger partial charge in [0, 0.05) is 16.7 Å². The monoisotopic (exact) mass is 321 g/mol. The Bertz CT molecular complexity index is 643. The average Bonchev–Trinajstić information content (AvgIpc) is 2.51. The van der Waals surface area contributed by atoms with E-state index in [9.17, 15) is 13.6 Å². The maximum Gasteiger partial charge on any atom is 0.252 e. The summed E-state index contributed by atoms with van der Waals surface area (Å²) >= 11 is 0. The molecule has 1 aromatic rings. The molecule has 1 aliphatic carbocycles. The third-order valence-electron chi connectivity index (χ3n) is 4.34. The van der Waals surface area contributed by atoms with E-state index in [-0.39, 0.29) is 23.3 Å². The van der Waals surface area contributed by atoms with Gasteiger partial charge in [0.1, 0.15) is 6.61 Å². The number of hydrogen-bond acceptors (Lipinski definition) is 2. The SMILES string of the molecule is C#CCOc1c(F)cc(C(=O)NC2(C)CCCCC2)c(C)c1F. The number of carbonyl (C=O) groups is 1. The van der Waals surface area contributed by atoms with Crippen molar-refractivity contribution in [2.24, 2.45) is 0 Å². The molecule has 124 valence electrons. The van der Waals surface area contributed by atoms with Crippen molar-refractivity contribution in [2.75, 3.05) is 6.61 Å². The van der Waals surface area contributed by atoms with Gasteiger partial charge in [0.25, 0.3) is 5.91 Å². The summed E-state index contributed by atoms with van der Waals surface area (Å²) in [6, 6.07) is 1.01. The highest BCUT2D eigenvalue weighted by Gasteiger charge is 2.30. The summed E-state index contributed by atoms with van der Waals surface area (Å²) in [6.45, 7) is 3.16. The van der Waals surface area contributed by atoms with E-state index in [0.29, 0.717) is 0 Å². The maximum atomic E-state index is 14.3. The molecule has 0 bridgehead atoms. The predicted octanol–water partition coefficient (Wildman–Crippen LogP) is 3.74. The molecule has 0 heterocycles. The molecule has 2 rings (SSSR count). The summed E-state index contributed by atoms with van der Waals surface area (Å²) in [6.07, 6.45) is 9.99. The van der Waals surface area contributed by atoms with Crippen LogP contribution in [-0.4, -0.2) is 18.1 Å². The zero-order chi connectivity index (χ0) is 17.0. The molecule has 0 saturated heterocycles. The molecular weight excluding hydrogens is 300 g/mol. The number of nitrogens with one attached hydrogen (secondary N) is 1. The number of hydrogen-bond donors (Lipinski definition) is 1. The molecule has 3 nitrogen and oxygen atoms in total. The molecular formula is C18H21F2NO2. The first-order valence-electron chi connectivity index (χ1n) is 7.75. The summed E-state index contributed by atoms with van der Waals surface area (Å²) < 4.78 is 33.2. The zero-order valence-electron chi connectivity index (χ0n) is 13.5. The highest BCUT2D eigenvalue weighted by Crippen LogP contribution is 2.30. The zero-order valence-corrected chi connectivity index (χ0v) is 13.5. The highest BCUT2D eigenvalue weighted by atomic mass is 19.1. The van der Waals surface area contributed by atoms with Gasteiger partial charge in [0.05, 0.1) is 0 Å². The van der Waals surface area contributed by atoms with Crippen LogP contribution < -0.4 is 10.1 Å². The Hall–Kier alpha value is -2.09. The lowest BCUT2D eigenvalue weighted by molar-refractivity contribution is 0.0881. The standard InChI is InChI=1S/C18H21F2NO2/c1-4-10-23-16-14(19)11-13(12(2)15(16)20)17(22)21-18(3)8-6-5-7-9-18/h1,11H,5-10H2,2-3H3,(H,21,22). The molecule has 1 amide bonds. The van der Waals surface area contributed by atoms with Gasteiger partial charge >= 0.3 is 0 Å². The van der Waals surface area contributed by atoms with Crippen molar-refractivity contribution in [3.8, 4) is 18.1 Å². The Morgan fingerprint density at radius 1 is 1.39 bits per heavy atom. The lowest BCUT2D eigenvalue weighted by atomic mass is 9.83. The molecule has 0 spiro atoms. The third-order valence-corrected chi connectivity index (χ3v) is 4.34.